The molecule has 0 radical (unpaired) electrons. The van der Waals surface area contributed by atoms with Crippen LogP contribution in [-0.2, 0) is 18.4 Å². The van der Waals surface area contributed by atoms with Crippen LogP contribution >= 0.6 is 0 Å². The van der Waals surface area contributed by atoms with Gasteiger partial charge in [0.15, 0.2) is 11.5 Å². The quantitative estimate of drug-likeness (QED) is 0.231. The van der Waals surface area contributed by atoms with E-state index < -0.39 is 0 Å². The number of nitrogens with zero attached hydrogens (tertiary/aromatic N) is 2. The number of amides is 1. The number of nitrogens with one attached hydrogen (secondary N) is 1. The second kappa shape index (κ2) is 12.2. The van der Waals surface area contributed by atoms with Gasteiger partial charge in [-0.15, -0.1) is 0 Å². The first-order valence-corrected chi connectivity index (χ1v) is 13.3. The summed E-state index contributed by atoms with van der Waals surface area (Å²) in [5.41, 5.74) is 5.54. The molecule has 6 heteroatoms. The lowest BCUT2D eigenvalue weighted by atomic mass is 9.87. The number of hydrogen-bond acceptors (Lipinski definition) is 4. The minimum atomic E-state index is -0.106. The standard InChI is InChI=1S/C32H39N3O3/c1-32(2,3)25-17-14-23(15-18-25)22-35-27-12-9-8-11-26(27)34-30(35)13-7-6-10-20-33-31(36)24-16-19-28(37-4)29(21-24)38-5/h8-9,11-12,14-19,21H,6-7,10,13,20,22H2,1-5H3,(H,33,36). The maximum atomic E-state index is 12.5. The predicted molar refractivity (Wildman–Crippen MR) is 153 cm³/mol. The van der Waals surface area contributed by atoms with Gasteiger partial charge in [-0.25, -0.2) is 4.98 Å². The first kappa shape index (κ1) is 27.2. The zero-order valence-corrected chi connectivity index (χ0v) is 23.2. The molecule has 3 aromatic carbocycles. The van der Waals surface area contributed by atoms with E-state index in [1.807, 2.05) is 6.07 Å². The van der Waals surface area contributed by atoms with Gasteiger partial charge < -0.3 is 19.4 Å². The number of imidazole rings is 1. The number of fused-ring (bicyclic) bond motifs is 1. The third-order valence-electron chi connectivity index (χ3n) is 6.90. The minimum absolute atomic E-state index is 0.106. The van der Waals surface area contributed by atoms with Gasteiger partial charge in [0.2, 0.25) is 0 Å². The Morgan fingerprint density at radius 2 is 1.63 bits per heavy atom. The summed E-state index contributed by atoms with van der Waals surface area (Å²) in [5, 5.41) is 3.01. The van der Waals surface area contributed by atoms with Gasteiger partial charge in [-0.05, 0) is 59.7 Å². The van der Waals surface area contributed by atoms with Gasteiger partial charge in [-0.2, -0.15) is 0 Å². The van der Waals surface area contributed by atoms with Gasteiger partial charge in [0.25, 0.3) is 5.91 Å². The van der Waals surface area contributed by atoms with Gasteiger partial charge >= 0.3 is 0 Å². The predicted octanol–water partition coefficient (Wildman–Crippen LogP) is 6.54. The van der Waals surface area contributed by atoms with Crippen LogP contribution < -0.4 is 14.8 Å². The Morgan fingerprint density at radius 3 is 2.34 bits per heavy atom. The summed E-state index contributed by atoms with van der Waals surface area (Å²) in [6, 6.07) is 22.5. The van der Waals surface area contributed by atoms with E-state index in [4.69, 9.17) is 14.5 Å². The molecule has 0 saturated carbocycles. The van der Waals surface area contributed by atoms with Gasteiger partial charge in [-0.1, -0.05) is 63.6 Å². The summed E-state index contributed by atoms with van der Waals surface area (Å²) in [6.45, 7) is 8.16. The molecule has 4 aromatic rings. The molecule has 6 nitrogen and oxygen atoms in total. The smallest absolute Gasteiger partial charge is 0.251 e. The molecule has 0 aliphatic rings. The van der Waals surface area contributed by atoms with Crippen molar-refractivity contribution in [1.29, 1.82) is 0 Å². The van der Waals surface area contributed by atoms with Crippen molar-refractivity contribution in [3.05, 3.63) is 89.2 Å². The third-order valence-corrected chi connectivity index (χ3v) is 6.90. The van der Waals surface area contributed by atoms with Crippen molar-refractivity contribution in [3.8, 4) is 11.5 Å². The van der Waals surface area contributed by atoms with E-state index in [2.05, 4.69) is 73.1 Å². The molecule has 0 atom stereocenters. The van der Waals surface area contributed by atoms with Crippen molar-refractivity contribution in [1.82, 2.24) is 14.9 Å². The maximum absolute atomic E-state index is 12.5. The number of unbranched alkanes of at least 4 members (excludes halogenated alkanes) is 2. The minimum Gasteiger partial charge on any atom is -0.493 e. The number of rotatable bonds is 11. The summed E-state index contributed by atoms with van der Waals surface area (Å²) in [5.74, 6) is 2.16. The number of hydrogen-bond donors (Lipinski definition) is 1. The Hall–Kier alpha value is -3.80. The summed E-state index contributed by atoms with van der Waals surface area (Å²) >= 11 is 0. The van der Waals surface area contributed by atoms with Crippen molar-refractivity contribution in [3.63, 3.8) is 0 Å². The van der Waals surface area contributed by atoms with Crippen molar-refractivity contribution in [2.45, 2.75) is 58.4 Å². The largest absolute Gasteiger partial charge is 0.493 e. The Balaban J connectivity index is 1.32. The number of aryl methyl sites for hydroxylation is 1. The molecule has 0 unspecified atom stereocenters. The van der Waals surface area contributed by atoms with E-state index in [1.165, 1.54) is 16.6 Å². The Bertz CT molecular complexity index is 1370. The number of aromatic nitrogens is 2. The molecular formula is C32H39N3O3. The molecule has 0 aliphatic heterocycles. The Kier molecular flexibility index (Phi) is 8.72. The second-order valence-corrected chi connectivity index (χ2v) is 10.7. The van der Waals surface area contributed by atoms with Crippen LogP contribution in [0.25, 0.3) is 11.0 Å². The van der Waals surface area contributed by atoms with E-state index in [-0.39, 0.29) is 11.3 Å². The molecule has 0 spiro atoms. The van der Waals surface area contributed by atoms with Crippen LogP contribution in [0.1, 0.15) is 67.3 Å². The van der Waals surface area contributed by atoms with Crippen LogP contribution in [0.3, 0.4) is 0 Å². The van der Waals surface area contributed by atoms with Crippen molar-refractivity contribution < 1.29 is 14.3 Å². The molecule has 200 valence electrons. The average Bonchev–Trinajstić information content (AvgIpc) is 3.26. The normalized spacial score (nSPS) is 11.5. The molecule has 38 heavy (non-hydrogen) atoms. The molecule has 0 fully saturated rings. The van der Waals surface area contributed by atoms with Crippen LogP contribution in [0.5, 0.6) is 11.5 Å². The maximum Gasteiger partial charge on any atom is 0.251 e. The topological polar surface area (TPSA) is 65.4 Å². The molecule has 4 rings (SSSR count). The summed E-state index contributed by atoms with van der Waals surface area (Å²) in [4.78, 5) is 17.5. The lowest BCUT2D eigenvalue weighted by molar-refractivity contribution is 0.0952. The zero-order chi connectivity index (χ0) is 27.1. The zero-order valence-electron chi connectivity index (χ0n) is 23.2. The summed E-state index contributed by atoms with van der Waals surface area (Å²) < 4.78 is 12.9. The van der Waals surface area contributed by atoms with Crippen molar-refractivity contribution in [2.75, 3.05) is 20.8 Å². The van der Waals surface area contributed by atoms with Crippen LogP contribution in [-0.4, -0.2) is 36.2 Å². The average molecular weight is 514 g/mol. The number of para-hydroxylation sites is 2. The third kappa shape index (κ3) is 6.55. The van der Waals surface area contributed by atoms with Crippen LogP contribution in [0.2, 0.25) is 0 Å². The van der Waals surface area contributed by atoms with Gasteiger partial charge in [0.1, 0.15) is 5.82 Å². The van der Waals surface area contributed by atoms with E-state index in [0.29, 0.717) is 23.6 Å². The second-order valence-electron chi connectivity index (χ2n) is 10.7. The highest BCUT2D eigenvalue weighted by Crippen LogP contribution is 2.27. The fourth-order valence-corrected chi connectivity index (χ4v) is 4.65. The number of ether oxygens (including phenoxy) is 2. The first-order chi connectivity index (χ1) is 18.3. The number of carbonyl (C=O) groups excluding carboxylic acids is 1. The summed E-state index contributed by atoms with van der Waals surface area (Å²) in [7, 11) is 3.15. The molecule has 0 bridgehead atoms. The van der Waals surface area contributed by atoms with Crippen LogP contribution in [0.15, 0.2) is 66.7 Å². The van der Waals surface area contributed by atoms with Gasteiger partial charge in [-0.3, -0.25) is 4.79 Å². The highest BCUT2D eigenvalue weighted by molar-refractivity contribution is 5.94. The molecule has 1 aromatic heterocycles. The molecule has 1 heterocycles. The van der Waals surface area contributed by atoms with Gasteiger partial charge in [0, 0.05) is 25.1 Å². The highest BCUT2D eigenvalue weighted by atomic mass is 16.5. The van der Waals surface area contributed by atoms with E-state index >= 15 is 0 Å². The number of benzene rings is 3. The lowest BCUT2D eigenvalue weighted by Gasteiger charge is -2.19. The summed E-state index contributed by atoms with van der Waals surface area (Å²) in [6.07, 6.45) is 3.83. The molecule has 1 amide bonds. The molecule has 0 aliphatic carbocycles. The SMILES string of the molecule is COc1ccc(C(=O)NCCCCCc2nc3ccccc3n2Cc2ccc(C(C)(C)C)cc2)cc1OC. The van der Waals surface area contributed by atoms with Crippen LogP contribution in [0, 0.1) is 0 Å². The number of methoxy groups -OCH3 is 2. The van der Waals surface area contributed by atoms with Crippen LogP contribution in [0.4, 0.5) is 0 Å². The molecular weight excluding hydrogens is 474 g/mol. The highest BCUT2D eigenvalue weighted by Gasteiger charge is 2.15. The van der Waals surface area contributed by atoms with E-state index in [0.717, 1.165) is 43.6 Å². The Labute approximate surface area is 226 Å². The lowest BCUT2D eigenvalue weighted by Crippen LogP contribution is -2.24. The number of carbonyl (C=O) groups is 1. The van der Waals surface area contributed by atoms with E-state index in [1.54, 1.807) is 32.4 Å². The fourth-order valence-electron chi connectivity index (χ4n) is 4.65. The molecule has 0 saturated heterocycles. The van der Waals surface area contributed by atoms with Crippen molar-refractivity contribution in [2.24, 2.45) is 0 Å². The monoisotopic (exact) mass is 513 g/mol. The van der Waals surface area contributed by atoms with Crippen molar-refractivity contribution >= 4 is 16.9 Å². The fraction of sp³-hybridized carbons (Fsp3) is 0.375. The molecule has 1 N–H and O–H groups in total. The first-order valence-electron chi connectivity index (χ1n) is 13.3. The Morgan fingerprint density at radius 1 is 0.895 bits per heavy atom. The van der Waals surface area contributed by atoms with E-state index in [9.17, 15) is 4.79 Å². The van der Waals surface area contributed by atoms with Gasteiger partial charge in [0.05, 0.1) is 25.3 Å².